The fourth-order valence-corrected chi connectivity index (χ4v) is 1.18. The summed E-state index contributed by atoms with van der Waals surface area (Å²) in [7, 11) is 0. The molecule has 1 amide bonds. The highest BCUT2D eigenvalue weighted by Crippen LogP contribution is 2.18. The molecular formula is C10H13FN2O2. The molecule has 1 aromatic rings. The number of amides is 1. The van der Waals surface area contributed by atoms with Crippen LogP contribution in [0, 0.1) is 5.82 Å². The summed E-state index contributed by atoms with van der Waals surface area (Å²) in [4.78, 5) is 11.0. The van der Waals surface area contributed by atoms with E-state index in [-0.39, 0.29) is 12.1 Å². The summed E-state index contributed by atoms with van der Waals surface area (Å²) in [6, 6.07) is 4.16. The van der Waals surface area contributed by atoms with Crippen LogP contribution in [0.5, 0.6) is 0 Å². The maximum atomic E-state index is 13.2. The Balaban J connectivity index is 2.96. The maximum Gasteiger partial charge on any atom is 0.253 e. The van der Waals surface area contributed by atoms with Crippen molar-refractivity contribution in [2.45, 2.75) is 13.0 Å². The first-order chi connectivity index (χ1) is 7.02. The first-order valence-corrected chi connectivity index (χ1v) is 4.52. The standard InChI is InChI=1S/C10H13FN2O2/c1-6(14)5-13-8-4-2-3-7(11)9(8)10(12)15/h2-4,6,13-14H,5H2,1H3,(H2,12,15)/t6-/m1/s1. The van der Waals surface area contributed by atoms with Gasteiger partial charge in [-0.25, -0.2) is 4.39 Å². The van der Waals surface area contributed by atoms with Gasteiger partial charge in [0.25, 0.3) is 5.91 Å². The van der Waals surface area contributed by atoms with Crippen molar-refractivity contribution in [1.29, 1.82) is 0 Å². The van der Waals surface area contributed by atoms with E-state index in [2.05, 4.69) is 5.32 Å². The van der Waals surface area contributed by atoms with Crippen LogP contribution in [0.4, 0.5) is 10.1 Å². The molecule has 4 N–H and O–H groups in total. The van der Waals surface area contributed by atoms with Gasteiger partial charge in [0, 0.05) is 12.2 Å². The summed E-state index contributed by atoms with van der Waals surface area (Å²) in [6.07, 6.45) is -0.589. The van der Waals surface area contributed by atoms with Gasteiger partial charge in [0.15, 0.2) is 0 Å². The van der Waals surface area contributed by atoms with E-state index in [0.29, 0.717) is 5.69 Å². The molecule has 4 nitrogen and oxygen atoms in total. The van der Waals surface area contributed by atoms with Crippen LogP contribution in [0.15, 0.2) is 18.2 Å². The minimum absolute atomic E-state index is 0.182. The highest BCUT2D eigenvalue weighted by molar-refractivity contribution is 5.98. The normalized spacial score (nSPS) is 12.2. The largest absolute Gasteiger partial charge is 0.392 e. The number of carbonyl (C=O) groups excluding carboxylic acids is 1. The third-order valence-electron chi connectivity index (χ3n) is 1.85. The summed E-state index contributed by atoms with van der Waals surface area (Å²) in [5.41, 5.74) is 5.15. The number of rotatable bonds is 4. The van der Waals surface area contributed by atoms with Crippen molar-refractivity contribution in [2.24, 2.45) is 5.73 Å². The number of aliphatic hydroxyl groups excluding tert-OH is 1. The maximum absolute atomic E-state index is 13.2. The molecule has 1 rings (SSSR count). The van der Waals surface area contributed by atoms with E-state index in [4.69, 9.17) is 10.8 Å². The van der Waals surface area contributed by atoms with Crippen molar-refractivity contribution in [1.82, 2.24) is 0 Å². The lowest BCUT2D eigenvalue weighted by Crippen LogP contribution is -2.20. The molecule has 0 fully saturated rings. The van der Waals surface area contributed by atoms with Crippen molar-refractivity contribution >= 4 is 11.6 Å². The number of halogens is 1. The number of primary amides is 1. The molecule has 0 aliphatic rings. The molecule has 15 heavy (non-hydrogen) atoms. The fourth-order valence-electron chi connectivity index (χ4n) is 1.18. The van der Waals surface area contributed by atoms with E-state index < -0.39 is 17.8 Å². The van der Waals surface area contributed by atoms with Gasteiger partial charge in [-0.3, -0.25) is 4.79 Å². The van der Waals surface area contributed by atoms with Gasteiger partial charge in [-0.15, -0.1) is 0 Å². The number of carbonyl (C=O) groups is 1. The first-order valence-electron chi connectivity index (χ1n) is 4.52. The van der Waals surface area contributed by atoms with Crippen LogP contribution in [-0.4, -0.2) is 23.7 Å². The second-order valence-corrected chi connectivity index (χ2v) is 3.26. The lowest BCUT2D eigenvalue weighted by atomic mass is 10.1. The Kier molecular flexibility index (Phi) is 3.62. The summed E-state index contributed by atoms with van der Waals surface area (Å²) in [5, 5.41) is 11.8. The molecule has 0 radical (unpaired) electrons. The van der Waals surface area contributed by atoms with Crippen LogP contribution < -0.4 is 11.1 Å². The Hall–Kier alpha value is -1.62. The van der Waals surface area contributed by atoms with Gasteiger partial charge in [-0.2, -0.15) is 0 Å². The minimum atomic E-state index is -0.832. The molecule has 0 unspecified atom stereocenters. The molecule has 5 heteroatoms. The fraction of sp³-hybridized carbons (Fsp3) is 0.300. The van der Waals surface area contributed by atoms with Crippen LogP contribution in [0.3, 0.4) is 0 Å². The number of nitrogens with one attached hydrogen (secondary N) is 1. The molecule has 0 bridgehead atoms. The number of benzene rings is 1. The van der Waals surface area contributed by atoms with Gasteiger partial charge in [0.2, 0.25) is 0 Å². The van der Waals surface area contributed by atoms with Crippen molar-refractivity contribution in [2.75, 3.05) is 11.9 Å². The third kappa shape index (κ3) is 2.92. The van der Waals surface area contributed by atoms with Crippen molar-refractivity contribution in [3.05, 3.63) is 29.6 Å². The molecule has 0 aliphatic heterocycles. The van der Waals surface area contributed by atoms with Gasteiger partial charge >= 0.3 is 0 Å². The molecule has 0 saturated carbocycles. The SMILES string of the molecule is C[C@@H](O)CNc1cccc(F)c1C(N)=O. The van der Waals surface area contributed by atoms with E-state index >= 15 is 0 Å². The second kappa shape index (κ2) is 4.75. The lowest BCUT2D eigenvalue weighted by Gasteiger charge is -2.11. The topological polar surface area (TPSA) is 75.3 Å². The monoisotopic (exact) mass is 212 g/mol. The van der Waals surface area contributed by atoms with Crippen LogP contribution in [0.25, 0.3) is 0 Å². The Morgan fingerprint density at radius 2 is 2.33 bits per heavy atom. The molecule has 1 aromatic carbocycles. The van der Waals surface area contributed by atoms with E-state index in [1.54, 1.807) is 6.92 Å². The average molecular weight is 212 g/mol. The zero-order chi connectivity index (χ0) is 11.4. The molecule has 0 aliphatic carbocycles. The van der Waals surface area contributed by atoms with E-state index in [1.165, 1.54) is 12.1 Å². The van der Waals surface area contributed by atoms with E-state index in [1.807, 2.05) is 0 Å². The molecule has 0 heterocycles. The van der Waals surface area contributed by atoms with E-state index in [0.717, 1.165) is 6.07 Å². The first kappa shape index (κ1) is 11.5. The van der Waals surface area contributed by atoms with Crippen molar-refractivity contribution in [3.63, 3.8) is 0 Å². The Morgan fingerprint density at radius 1 is 1.67 bits per heavy atom. The Bertz CT molecular complexity index is 366. The van der Waals surface area contributed by atoms with Crippen LogP contribution in [0.2, 0.25) is 0 Å². The lowest BCUT2D eigenvalue weighted by molar-refractivity contribution is 0.0997. The molecule has 0 saturated heterocycles. The van der Waals surface area contributed by atoms with Crippen molar-refractivity contribution in [3.8, 4) is 0 Å². The number of hydrogen-bond acceptors (Lipinski definition) is 3. The van der Waals surface area contributed by atoms with Gasteiger partial charge < -0.3 is 16.2 Å². The summed E-state index contributed by atoms with van der Waals surface area (Å²) >= 11 is 0. The zero-order valence-corrected chi connectivity index (χ0v) is 8.33. The van der Waals surface area contributed by atoms with Crippen LogP contribution in [0.1, 0.15) is 17.3 Å². The summed E-state index contributed by atoms with van der Waals surface area (Å²) < 4.78 is 13.2. The minimum Gasteiger partial charge on any atom is -0.392 e. The number of anilines is 1. The molecule has 0 aromatic heterocycles. The van der Waals surface area contributed by atoms with Gasteiger partial charge in [-0.1, -0.05) is 6.07 Å². The Morgan fingerprint density at radius 3 is 2.87 bits per heavy atom. The number of nitrogens with two attached hydrogens (primary N) is 1. The van der Waals surface area contributed by atoms with Crippen LogP contribution >= 0.6 is 0 Å². The average Bonchev–Trinajstić information content (AvgIpc) is 2.13. The highest BCUT2D eigenvalue weighted by atomic mass is 19.1. The van der Waals surface area contributed by atoms with Gasteiger partial charge in [0.05, 0.1) is 11.7 Å². The smallest absolute Gasteiger partial charge is 0.253 e. The van der Waals surface area contributed by atoms with Gasteiger partial charge in [-0.05, 0) is 19.1 Å². The third-order valence-corrected chi connectivity index (χ3v) is 1.85. The number of hydrogen-bond donors (Lipinski definition) is 3. The predicted octanol–water partition coefficient (Wildman–Crippen LogP) is 0.717. The highest BCUT2D eigenvalue weighted by Gasteiger charge is 2.13. The Labute approximate surface area is 86.9 Å². The zero-order valence-electron chi connectivity index (χ0n) is 8.33. The summed E-state index contributed by atoms with van der Waals surface area (Å²) in [5.74, 6) is -1.50. The molecular weight excluding hydrogens is 199 g/mol. The predicted molar refractivity (Wildman–Crippen MR) is 55.1 cm³/mol. The molecule has 1 atom stereocenters. The number of aliphatic hydroxyl groups is 1. The second-order valence-electron chi connectivity index (χ2n) is 3.26. The van der Waals surface area contributed by atoms with E-state index in [9.17, 15) is 9.18 Å². The van der Waals surface area contributed by atoms with Crippen molar-refractivity contribution < 1.29 is 14.3 Å². The van der Waals surface area contributed by atoms with Gasteiger partial charge in [0.1, 0.15) is 5.82 Å². The molecule has 0 spiro atoms. The molecule has 82 valence electrons. The quantitative estimate of drug-likeness (QED) is 0.688. The summed E-state index contributed by atoms with van der Waals surface area (Å²) in [6.45, 7) is 1.81. The van der Waals surface area contributed by atoms with Crippen LogP contribution in [-0.2, 0) is 0 Å².